The molecule has 1 amide bonds. The largest absolute Gasteiger partial charge is 0.355 e. The Balaban J connectivity index is 2.50. The Morgan fingerprint density at radius 3 is 2.29 bits per heavy atom. The highest BCUT2D eigenvalue weighted by Gasteiger charge is 2.27. The van der Waals surface area contributed by atoms with Gasteiger partial charge in [0.1, 0.15) is 6.54 Å². The topological polar surface area (TPSA) is 66.5 Å². The molecule has 0 aromatic heterocycles. The molecule has 0 aliphatic rings. The van der Waals surface area contributed by atoms with Crippen LogP contribution in [0.5, 0.6) is 0 Å². The van der Waals surface area contributed by atoms with Gasteiger partial charge in [0, 0.05) is 6.54 Å². The van der Waals surface area contributed by atoms with Crippen LogP contribution in [0.4, 0.5) is 5.69 Å². The number of carbonyl (C=O) groups is 1. The van der Waals surface area contributed by atoms with E-state index < -0.39 is 10.0 Å². The van der Waals surface area contributed by atoms with Crippen molar-refractivity contribution in [3.8, 4) is 0 Å². The predicted molar refractivity (Wildman–Crippen MR) is 95.6 cm³/mol. The van der Waals surface area contributed by atoms with Crippen LogP contribution in [0, 0.1) is 13.8 Å². The zero-order valence-electron chi connectivity index (χ0n) is 14.1. The maximum absolute atomic E-state index is 13.0. The van der Waals surface area contributed by atoms with Gasteiger partial charge in [-0.1, -0.05) is 24.3 Å². The average molecular weight is 346 g/mol. The number of rotatable bonds is 6. The minimum atomic E-state index is -3.82. The third-order valence-electron chi connectivity index (χ3n) is 3.77. The molecule has 0 bridgehead atoms. The highest BCUT2D eigenvalue weighted by molar-refractivity contribution is 7.92. The van der Waals surface area contributed by atoms with E-state index in [0.29, 0.717) is 12.2 Å². The van der Waals surface area contributed by atoms with E-state index >= 15 is 0 Å². The second-order valence-electron chi connectivity index (χ2n) is 5.55. The van der Waals surface area contributed by atoms with E-state index in [0.717, 1.165) is 15.4 Å². The Kier molecular flexibility index (Phi) is 5.62. The van der Waals surface area contributed by atoms with Crippen molar-refractivity contribution in [2.24, 2.45) is 0 Å². The zero-order chi connectivity index (χ0) is 17.7. The smallest absolute Gasteiger partial charge is 0.264 e. The summed E-state index contributed by atoms with van der Waals surface area (Å²) in [6.07, 6.45) is 0. The van der Waals surface area contributed by atoms with Gasteiger partial charge in [-0.2, -0.15) is 0 Å². The van der Waals surface area contributed by atoms with Crippen molar-refractivity contribution in [2.45, 2.75) is 25.7 Å². The molecule has 0 radical (unpaired) electrons. The van der Waals surface area contributed by atoms with Crippen molar-refractivity contribution < 1.29 is 13.2 Å². The van der Waals surface area contributed by atoms with Gasteiger partial charge in [-0.15, -0.1) is 0 Å². The third kappa shape index (κ3) is 3.94. The summed E-state index contributed by atoms with van der Waals surface area (Å²) >= 11 is 0. The van der Waals surface area contributed by atoms with Gasteiger partial charge in [-0.25, -0.2) is 8.42 Å². The van der Waals surface area contributed by atoms with Gasteiger partial charge >= 0.3 is 0 Å². The van der Waals surface area contributed by atoms with E-state index in [2.05, 4.69) is 5.32 Å². The quantitative estimate of drug-likeness (QED) is 0.874. The number of nitrogens with one attached hydrogen (secondary N) is 1. The highest BCUT2D eigenvalue weighted by atomic mass is 32.2. The van der Waals surface area contributed by atoms with E-state index in [4.69, 9.17) is 0 Å². The van der Waals surface area contributed by atoms with Crippen LogP contribution in [-0.4, -0.2) is 27.4 Å². The van der Waals surface area contributed by atoms with E-state index in [-0.39, 0.29) is 17.3 Å². The first-order valence-corrected chi connectivity index (χ1v) is 9.22. The number of benzene rings is 2. The summed E-state index contributed by atoms with van der Waals surface area (Å²) in [6.45, 7) is 5.86. The molecule has 0 aliphatic heterocycles. The first kappa shape index (κ1) is 18.0. The maximum atomic E-state index is 13.0. The summed E-state index contributed by atoms with van der Waals surface area (Å²) in [7, 11) is -3.82. The van der Waals surface area contributed by atoms with Crippen LogP contribution in [0.25, 0.3) is 0 Å². The number of nitrogens with zero attached hydrogens (tertiary/aromatic N) is 1. The monoisotopic (exact) mass is 346 g/mol. The van der Waals surface area contributed by atoms with Crippen LogP contribution in [0.2, 0.25) is 0 Å². The lowest BCUT2D eigenvalue weighted by Gasteiger charge is -2.24. The fraction of sp³-hybridized carbons (Fsp3) is 0.278. The molecule has 24 heavy (non-hydrogen) atoms. The lowest BCUT2D eigenvalue weighted by Crippen LogP contribution is -2.40. The lowest BCUT2D eigenvalue weighted by atomic mass is 10.1. The number of sulfonamides is 1. The first-order valence-electron chi connectivity index (χ1n) is 7.78. The van der Waals surface area contributed by atoms with Gasteiger partial charge < -0.3 is 5.32 Å². The molecule has 0 saturated carbocycles. The maximum Gasteiger partial charge on any atom is 0.264 e. The van der Waals surface area contributed by atoms with Crippen LogP contribution in [-0.2, 0) is 14.8 Å². The van der Waals surface area contributed by atoms with Crippen LogP contribution >= 0.6 is 0 Å². The molecule has 2 aromatic rings. The number of anilines is 1. The van der Waals surface area contributed by atoms with Gasteiger partial charge in [0.15, 0.2) is 0 Å². The Bertz CT molecular complexity index is 817. The summed E-state index contributed by atoms with van der Waals surface area (Å²) in [5.41, 5.74) is 2.51. The number of amides is 1. The van der Waals surface area contributed by atoms with Crippen molar-refractivity contribution in [3.63, 3.8) is 0 Å². The molecule has 6 heteroatoms. The molecule has 128 valence electrons. The van der Waals surface area contributed by atoms with E-state index in [1.54, 1.807) is 37.3 Å². The molecule has 0 aliphatic carbocycles. The molecule has 0 fully saturated rings. The number of hydrogen-bond acceptors (Lipinski definition) is 3. The number of aryl methyl sites for hydroxylation is 2. The van der Waals surface area contributed by atoms with E-state index in [9.17, 15) is 13.2 Å². The van der Waals surface area contributed by atoms with Crippen molar-refractivity contribution in [3.05, 3.63) is 59.7 Å². The average Bonchev–Trinajstić information content (AvgIpc) is 2.56. The molecule has 0 heterocycles. The zero-order valence-corrected chi connectivity index (χ0v) is 14.9. The molecule has 5 nitrogen and oxygen atoms in total. The van der Waals surface area contributed by atoms with Gasteiger partial charge in [0.05, 0.1) is 10.6 Å². The summed E-state index contributed by atoms with van der Waals surface area (Å²) in [5, 5.41) is 2.65. The van der Waals surface area contributed by atoms with Gasteiger partial charge in [0.2, 0.25) is 5.91 Å². The molecule has 2 aromatic carbocycles. The minimum absolute atomic E-state index is 0.160. The molecule has 1 N–H and O–H groups in total. The molecule has 0 saturated heterocycles. The summed E-state index contributed by atoms with van der Waals surface area (Å²) < 4.78 is 27.2. The Morgan fingerprint density at radius 1 is 1.04 bits per heavy atom. The number of likely N-dealkylation sites (N-methyl/N-ethyl adjacent to an activating group) is 1. The lowest BCUT2D eigenvalue weighted by molar-refractivity contribution is -0.119. The summed E-state index contributed by atoms with van der Waals surface area (Å²) in [5.74, 6) is -0.338. The molecule has 2 rings (SSSR count). The van der Waals surface area contributed by atoms with E-state index in [1.165, 1.54) is 12.1 Å². The Hall–Kier alpha value is -2.34. The Morgan fingerprint density at radius 2 is 1.71 bits per heavy atom. The van der Waals surface area contributed by atoms with Crippen molar-refractivity contribution in [1.82, 2.24) is 5.32 Å². The van der Waals surface area contributed by atoms with Crippen LogP contribution in [0.3, 0.4) is 0 Å². The molecule has 0 unspecified atom stereocenters. The molecular weight excluding hydrogens is 324 g/mol. The Labute approximate surface area is 143 Å². The number of hydrogen-bond donors (Lipinski definition) is 1. The first-order chi connectivity index (χ1) is 11.4. The SMILES string of the molecule is CCNC(=O)CN(c1ccc(C)c(C)c1)S(=O)(=O)c1ccccc1. The summed E-state index contributed by atoms with van der Waals surface area (Å²) in [6, 6.07) is 13.5. The summed E-state index contributed by atoms with van der Waals surface area (Å²) in [4.78, 5) is 12.2. The molecule has 0 spiro atoms. The van der Waals surface area contributed by atoms with Crippen molar-refractivity contribution in [1.29, 1.82) is 0 Å². The minimum Gasteiger partial charge on any atom is -0.355 e. The normalized spacial score (nSPS) is 11.1. The number of carbonyl (C=O) groups excluding carboxylic acids is 1. The fourth-order valence-corrected chi connectivity index (χ4v) is 3.73. The van der Waals surface area contributed by atoms with E-state index in [1.807, 2.05) is 19.9 Å². The standard InChI is InChI=1S/C18H22N2O3S/c1-4-19-18(21)13-20(16-11-10-14(2)15(3)12-16)24(22,23)17-8-6-5-7-9-17/h5-12H,4,13H2,1-3H3,(H,19,21). The van der Waals surface area contributed by atoms with Crippen LogP contribution in [0.1, 0.15) is 18.1 Å². The van der Waals surface area contributed by atoms with Gasteiger partial charge in [-0.3, -0.25) is 9.10 Å². The molecular formula is C18H22N2O3S. The van der Waals surface area contributed by atoms with Crippen LogP contribution in [0.15, 0.2) is 53.4 Å². The predicted octanol–water partition coefficient (Wildman–Crippen LogP) is 2.63. The second kappa shape index (κ2) is 7.49. The second-order valence-corrected chi connectivity index (χ2v) is 7.41. The van der Waals surface area contributed by atoms with Gasteiger partial charge in [-0.05, 0) is 56.2 Å². The molecule has 0 atom stereocenters. The fourth-order valence-electron chi connectivity index (χ4n) is 2.30. The van der Waals surface area contributed by atoms with Crippen molar-refractivity contribution >= 4 is 21.6 Å². The third-order valence-corrected chi connectivity index (χ3v) is 5.56. The van der Waals surface area contributed by atoms with Crippen LogP contribution < -0.4 is 9.62 Å². The highest BCUT2D eigenvalue weighted by Crippen LogP contribution is 2.25. The van der Waals surface area contributed by atoms with Gasteiger partial charge in [0.25, 0.3) is 10.0 Å². The van der Waals surface area contributed by atoms with Crippen molar-refractivity contribution in [2.75, 3.05) is 17.4 Å².